The van der Waals surface area contributed by atoms with Crippen molar-refractivity contribution >= 4 is 11.7 Å². The average molecular weight is 285 g/mol. The van der Waals surface area contributed by atoms with E-state index in [2.05, 4.69) is 26.9 Å². The van der Waals surface area contributed by atoms with E-state index < -0.39 is 0 Å². The van der Waals surface area contributed by atoms with E-state index in [-0.39, 0.29) is 5.91 Å². The highest BCUT2D eigenvalue weighted by molar-refractivity contribution is 6.02. The monoisotopic (exact) mass is 285 g/mol. The Morgan fingerprint density at radius 1 is 1.43 bits per heavy atom. The van der Waals surface area contributed by atoms with E-state index in [9.17, 15) is 4.79 Å². The predicted octanol–water partition coefficient (Wildman–Crippen LogP) is 1.21. The van der Waals surface area contributed by atoms with E-state index >= 15 is 0 Å². The molecule has 4 N–H and O–H groups in total. The smallest absolute Gasteiger partial charge is 0.251 e. The molecule has 0 radical (unpaired) electrons. The fourth-order valence-electron chi connectivity index (χ4n) is 1.78. The Morgan fingerprint density at radius 2 is 2.29 bits per heavy atom. The largest absolute Gasteiger partial charge is 0.348 e. The van der Waals surface area contributed by atoms with Crippen LogP contribution in [0.2, 0.25) is 0 Å². The summed E-state index contributed by atoms with van der Waals surface area (Å²) in [6.07, 6.45) is 5.88. The number of carbonyl (C=O) groups excluding carboxylic acids is 1. The van der Waals surface area contributed by atoms with Crippen LogP contribution in [0.3, 0.4) is 0 Å². The Balaban J connectivity index is 2.01. The highest BCUT2D eigenvalue weighted by Crippen LogP contribution is 2.06. The van der Waals surface area contributed by atoms with Crippen LogP contribution in [0.4, 0.5) is 0 Å². The molecule has 0 saturated carbocycles. The molecule has 1 aliphatic heterocycles. The summed E-state index contributed by atoms with van der Waals surface area (Å²) in [7, 11) is 0. The predicted molar refractivity (Wildman–Crippen MR) is 83.3 cm³/mol. The number of nitrogens with one attached hydrogen (secondary N) is 4. The highest BCUT2D eigenvalue weighted by atomic mass is 16.1. The molecular formula is C15H19N5O. The maximum Gasteiger partial charge on any atom is 0.251 e. The zero-order valence-corrected chi connectivity index (χ0v) is 12.1. The van der Waals surface area contributed by atoms with E-state index in [0.29, 0.717) is 17.9 Å². The van der Waals surface area contributed by atoms with Crippen LogP contribution in [0.1, 0.15) is 29.8 Å². The van der Waals surface area contributed by atoms with Gasteiger partial charge in [-0.15, -0.1) is 10.6 Å². The maximum atomic E-state index is 12.1. The molecule has 1 aromatic carbocycles. The van der Waals surface area contributed by atoms with Crippen molar-refractivity contribution in [1.82, 2.24) is 21.8 Å². The second-order valence-corrected chi connectivity index (χ2v) is 4.62. The molecule has 0 aliphatic carbocycles. The summed E-state index contributed by atoms with van der Waals surface area (Å²) in [6, 6.07) is 7.28. The van der Waals surface area contributed by atoms with Gasteiger partial charge in [-0.2, -0.15) is 0 Å². The fourth-order valence-corrected chi connectivity index (χ4v) is 1.78. The number of benzene rings is 1. The van der Waals surface area contributed by atoms with Gasteiger partial charge in [-0.1, -0.05) is 35.9 Å². The van der Waals surface area contributed by atoms with Gasteiger partial charge in [0.05, 0.1) is 0 Å². The highest BCUT2D eigenvalue weighted by Gasteiger charge is 2.11. The summed E-state index contributed by atoms with van der Waals surface area (Å²) >= 11 is 0. The molecule has 1 aliphatic rings. The minimum atomic E-state index is -0.107. The molecule has 6 nitrogen and oxygen atoms in total. The van der Waals surface area contributed by atoms with Crippen molar-refractivity contribution in [1.29, 1.82) is 0 Å². The van der Waals surface area contributed by atoms with E-state index in [4.69, 9.17) is 0 Å². The van der Waals surface area contributed by atoms with Gasteiger partial charge in [-0.3, -0.25) is 10.2 Å². The van der Waals surface area contributed by atoms with Crippen molar-refractivity contribution in [3.8, 4) is 0 Å². The Hall–Kier alpha value is -2.60. The molecule has 21 heavy (non-hydrogen) atoms. The lowest BCUT2D eigenvalue weighted by Gasteiger charge is -2.07. The third-order valence-corrected chi connectivity index (χ3v) is 2.90. The first-order valence-electron chi connectivity index (χ1n) is 6.71. The second kappa shape index (κ2) is 7.25. The summed E-state index contributed by atoms with van der Waals surface area (Å²) in [5.74, 6) is 0.540. The zero-order valence-electron chi connectivity index (χ0n) is 12.1. The molecule has 0 aromatic heterocycles. The third kappa shape index (κ3) is 4.19. The molecule has 0 fully saturated rings. The van der Waals surface area contributed by atoms with Crippen LogP contribution in [-0.4, -0.2) is 18.3 Å². The standard InChI is InChI=1S/C15H19N5O/c1-3-4-6-11(2)10-16-15(21)13-8-5-7-12(9-13)14-17-19-20-18-14/h3-9,19-20H,10H2,1-2H3,(H,16,21)(H,17,18)/b4-3-,11-6+. The number of hydrogen-bond donors (Lipinski definition) is 4. The maximum absolute atomic E-state index is 12.1. The number of rotatable bonds is 5. The van der Waals surface area contributed by atoms with Gasteiger partial charge in [0.25, 0.3) is 5.91 Å². The summed E-state index contributed by atoms with van der Waals surface area (Å²) in [6.45, 7) is 4.46. The van der Waals surface area contributed by atoms with Crippen LogP contribution < -0.4 is 21.8 Å². The Morgan fingerprint density at radius 3 is 3.00 bits per heavy atom. The van der Waals surface area contributed by atoms with Crippen LogP contribution in [0, 0.1) is 0 Å². The first-order chi connectivity index (χ1) is 10.2. The zero-order chi connectivity index (χ0) is 15.1. The van der Waals surface area contributed by atoms with Gasteiger partial charge in [0.1, 0.15) is 0 Å². The van der Waals surface area contributed by atoms with Crippen molar-refractivity contribution < 1.29 is 4.79 Å². The fraction of sp³-hybridized carbons (Fsp3) is 0.200. The molecule has 0 spiro atoms. The van der Waals surface area contributed by atoms with Gasteiger partial charge >= 0.3 is 0 Å². The Kier molecular flexibility index (Phi) is 5.11. The SMILES string of the molecule is C/C=C\C=C(/C)CNC(=O)c1cccc(C2=NNNN2)c1. The third-order valence-electron chi connectivity index (χ3n) is 2.90. The number of carbonyl (C=O) groups is 1. The van der Waals surface area contributed by atoms with Crippen molar-refractivity contribution in [3.63, 3.8) is 0 Å². The topological polar surface area (TPSA) is 77.5 Å². The molecule has 110 valence electrons. The molecule has 1 aromatic rings. The Labute approximate surface area is 123 Å². The van der Waals surface area contributed by atoms with Gasteiger partial charge in [-0.05, 0) is 26.0 Å². The Bertz CT molecular complexity index is 604. The van der Waals surface area contributed by atoms with Crippen molar-refractivity contribution in [2.45, 2.75) is 13.8 Å². The molecular weight excluding hydrogens is 266 g/mol. The quantitative estimate of drug-likeness (QED) is 0.613. The van der Waals surface area contributed by atoms with Crippen LogP contribution >= 0.6 is 0 Å². The van der Waals surface area contributed by atoms with Crippen molar-refractivity contribution in [2.75, 3.05) is 6.54 Å². The van der Waals surface area contributed by atoms with Crippen LogP contribution in [0.25, 0.3) is 0 Å². The van der Waals surface area contributed by atoms with Crippen molar-refractivity contribution in [3.05, 3.63) is 59.2 Å². The molecule has 0 unspecified atom stereocenters. The lowest BCUT2D eigenvalue weighted by atomic mass is 10.1. The average Bonchev–Trinajstić information content (AvgIpc) is 3.05. The molecule has 0 bridgehead atoms. The molecule has 6 heteroatoms. The summed E-state index contributed by atoms with van der Waals surface area (Å²) < 4.78 is 0. The number of hydrazine groups is 2. The van der Waals surface area contributed by atoms with Crippen LogP contribution in [0.5, 0.6) is 0 Å². The minimum Gasteiger partial charge on any atom is -0.348 e. The summed E-state index contributed by atoms with van der Waals surface area (Å²) in [5.41, 5.74) is 10.6. The molecule has 2 rings (SSSR count). The molecule has 1 heterocycles. The van der Waals surface area contributed by atoms with E-state index in [1.165, 1.54) is 0 Å². The van der Waals surface area contributed by atoms with Gasteiger partial charge in [0, 0.05) is 17.7 Å². The minimum absolute atomic E-state index is 0.107. The summed E-state index contributed by atoms with van der Waals surface area (Å²) in [4.78, 5) is 12.1. The lowest BCUT2D eigenvalue weighted by Crippen LogP contribution is -2.35. The summed E-state index contributed by atoms with van der Waals surface area (Å²) in [5, 5.41) is 6.90. The number of hydrazone groups is 1. The van der Waals surface area contributed by atoms with Crippen LogP contribution in [-0.2, 0) is 0 Å². The number of amidine groups is 1. The number of nitrogens with zero attached hydrogens (tertiary/aromatic N) is 1. The molecule has 0 saturated heterocycles. The van der Waals surface area contributed by atoms with Crippen molar-refractivity contribution in [2.24, 2.45) is 5.10 Å². The number of hydrogen-bond acceptors (Lipinski definition) is 5. The first kappa shape index (κ1) is 14.8. The van der Waals surface area contributed by atoms with E-state index in [0.717, 1.165) is 11.1 Å². The van der Waals surface area contributed by atoms with Crippen LogP contribution in [0.15, 0.2) is 53.2 Å². The van der Waals surface area contributed by atoms with Gasteiger partial charge < -0.3 is 5.32 Å². The van der Waals surface area contributed by atoms with E-state index in [1.807, 2.05) is 44.2 Å². The molecule has 1 amide bonds. The molecule has 0 atom stereocenters. The van der Waals surface area contributed by atoms with Gasteiger partial charge in [-0.25, -0.2) is 5.53 Å². The lowest BCUT2D eigenvalue weighted by molar-refractivity contribution is 0.0957. The second-order valence-electron chi connectivity index (χ2n) is 4.62. The normalized spacial score (nSPS) is 14.6. The van der Waals surface area contributed by atoms with E-state index in [1.54, 1.807) is 12.1 Å². The van der Waals surface area contributed by atoms with Gasteiger partial charge in [0.15, 0.2) is 5.84 Å². The first-order valence-corrected chi connectivity index (χ1v) is 6.71. The van der Waals surface area contributed by atoms with Gasteiger partial charge in [0.2, 0.25) is 0 Å². The number of allylic oxidation sites excluding steroid dienone is 3. The number of amides is 1.